The van der Waals surface area contributed by atoms with Crippen molar-refractivity contribution < 1.29 is 23.7 Å². The van der Waals surface area contributed by atoms with Gasteiger partial charge >= 0.3 is 0 Å². The summed E-state index contributed by atoms with van der Waals surface area (Å²) in [6, 6.07) is 8.33. The molecule has 0 amide bonds. The molecule has 1 aliphatic heterocycles. The van der Waals surface area contributed by atoms with E-state index in [4.69, 9.17) is 33.7 Å². The van der Waals surface area contributed by atoms with Crippen LogP contribution in [0.1, 0.15) is 11.4 Å². The van der Waals surface area contributed by atoms with E-state index >= 15 is 0 Å². The third kappa shape index (κ3) is 7.15. The van der Waals surface area contributed by atoms with Gasteiger partial charge in [-0.05, 0) is 6.07 Å². The van der Waals surface area contributed by atoms with Crippen LogP contribution < -0.4 is 0 Å². The van der Waals surface area contributed by atoms with E-state index in [9.17, 15) is 0 Å². The zero-order valence-corrected chi connectivity index (χ0v) is 18.9. The summed E-state index contributed by atoms with van der Waals surface area (Å²) in [6.07, 6.45) is 0. The summed E-state index contributed by atoms with van der Waals surface area (Å²) in [5, 5.41) is 6.03. The van der Waals surface area contributed by atoms with Gasteiger partial charge in [0.2, 0.25) is 0 Å². The molecule has 3 heterocycles. The molecule has 0 radical (unpaired) electrons. The summed E-state index contributed by atoms with van der Waals surface area (Å²) < 4.78 is 27.9. The van der Waals surface area contributed by atoms with Crippen molar-refractivity contribution in [3.8, 4) is 21.1 Å². The molecule has 0 saturated heterocycles. The van der Waals surface area contributed by atoms with Crippen LogP contribution in [-0.4, -0.2) is 62.8 Å². The molecular weight excluding hydrogens is 436 g/mol. The SMILES string of the molecule is c1cc2cc(c1)-c1nc(cs1)COCCOCCOCCOCCOCc1csc-2n1. The molecule has 0 fully saturated rings. The Labute approximate surface area is 189 Å². The van der Waals surface area contributed by atoms with Crippen molar-refractivity contribution in [1.82, 2.24) is 9.97 Å². The van der Waals surface area contributed by atoms with Crippen LogP contribution >= 0.6 is 22.7 Å². The summed E-state index contributed by atoms with van der Waals surface area (Å²) in [6.45, 7) is 5.24. The average Bonchev–Trinajstić information content (AvgIpc) is 3.46. The lowest BCUT2D eigenvalue weighted by Crippen LogP contribution is -2.13. The topological polar surface area (TPSA) is 71.9 Å². The van der Waals surface area contributed by atoms with Crippen LogP contribution in [0.3, 0.4) is 0 Å². The number of hydrogen-bond acceptors (Lipinski definition) is 9. The summed E-state index contributed by atoms with van der Waals surface area (Å²) in [7, 11) is 0. The highest BCUT2D eigenvalue weighted by molar-refractivity contribution is 7.13. The number of rotatable bonds is 0. The highest BCUT2D eigenvalue weighted by Gasteiger charge is 2.10. The summed E-state index contributed by atoms with van der Waals surface area (Å²) >= 11 is 3.24. The van der Waals surface area contributed by atoms with Gasteiger partial charge in [-0.25, -0.2) is 9.97 Å². The standard InChI is InChI=1S/C22H26N2O5S2/c1-2-17-12-18(3-1)22-24-20(16-31-22)14-29-11-9-27-7-5-25-4-6-26-8-10-28-13-19-15-30-21(17)23-19/h1-3,12,15-16H,4-11,13-14H2. The molecule has 0 N–H and O–H groups in total. The molecule has 0 saturated carbocycles. The summed E-state index contributed by atoms with van der Waals surface area (Å²) in [4.78, 5) is 9.44. The van der Waals surface area contributed by atoms with Crippen molar-refractivity contribution in [2.45, 2.75) is 13.2 Å². The zero-order chi connectivity index (χ0) is 21.1. The second kappa shape index (κ2) is 12.4. The maximum absolute atomic E-state index is 5.68. The van der Waals surface area contributed by atoms with E-state index in [0.29, 0.717) is 66.1 Å². The minimum absolute atomic E-state index is 0.475. The number of benzene rings is 1. The third-order valence-electron chi connectivity index (χ3n) is 4.45. The van der Waals surface area contributed by atoms with Crippen molar-refractivity contribution in [1.29, 1.82) is 0 Å². The first-order valence-corrected chi connectivity index (χ1v) is 12.0. The number of hydrogen-bond donors (Lipinski definition) is 0. The molecule has 31 heavy (non-hydrogen) atoms. The Kier molecular flexibility index (Phi) is 8.95. The molecule has 166 valence electrons. The van der Waals surface area contributed by atoms with Gasteiger partial charge < -0.3 is 23.7 Å². The normalized spacial score (nSPS) is 17.7. The molecule has 2 aromatic heterocycles. The second-order valence-electron chi connectivity index (χ2n) is 6.81. The number of aromatic nitrogens is 2. The minimum Gasteiger partial charge on any atom is -0.377 e. The Morgan fingerprint density at radius 1 is 0.581 bits per heavy atom. The summed E-state index contributed by atoms with van der Waals surface area (Å²) in [5.74, 6) is 0. The number of nitrogens with zero attached hydrogens (tertiary/aromatic N) is 2. The number of ether oxygens (including phenoxy) is 5. The van der Waals surface area contributed by atoms with Gasteiger partial charge in [0.05, 0.1) is 77.5 Å². The van der Waals surface area contributed by atoms with Crippen molar-refractivity contribution in [3.63, 3.8) is 0 Å². The largest absolute Gasteiger partial charge is 0.377 e. The van der Waals surface area contributed by atoms with E-state index in [1.807, 2.05) is 16.8 Å². The van der Waals surface area contributed by atoms with E-state index in [0.717, 1.165) is 32.5 Å². The van der Waals surface area contributed by atoms with E-state index in [1.54, 1.807) is 22.7 Å². The van der Waals surface area contributed by atoms with Crippen molar-refractivity contribution in [2.75, 3.05) is 52.9 Å². The molecule has 0 spiro atoms. The lowest BCUT2D eigenvalue weighted by molar-refractivity contribution is -0.0141. The van der Waals surface area contributed by atoms with E-state index in [-0.39, 0.29) is 0 Å². The first-order chi connectivity index (χ1) is 15.4. The van der Waals surface area contributed by atoms with Crippen LogP contribution in [0, 0.1) is 0 Å². The fourth-order valence-electron chi connectivity index (χ4n) is 2.93. The van der Waals surface area contributed by atoms with Gasteiger partial charge in [-0.3, -0.25) is 0 Å². The second-order valence-corrected chi connectivity index (χ2v) is 8.53. The molecule has 7 nitrogen and oxygen atoms in total. The number of thiazole rings is 2. The quantitative estimate of drug-likeness (QED) is 0.499. The molecule has 0 aliphatic carbocycles. The first kappa shape index (κ1) is 22.5. The maximum atomic E-state index is 5.68. The van der Waals surface area contributed by atoms with E-state index < -0.39 is 0 Å². The van der Waals surface area contributed by atoms with Crippen LogP contribution in [0.25, 0.3) is 21.1 Å². The molecular formula is C22H26N2O5S2. The van der Waals surface area contributed by atoms with Gasteiger partial charge in [-0.1, -0.05) is 18.2 Å². The van der Waals surface area contributed by atoms with Gasteiger partial charge in [0.25, 0.3) is 0 Å². The highest BCUT2D eigenvalue weighted by atomic mass is 32.1. The predicted molar refractivity (Wildman–Crippen MR) is 120 cm³/mol. The molecule has 0 atom stereocenters. The fourth-order valence-corrected chi connectivity index (χ4v) is 4.53. The Hall–Kier alpha value is -1.72. The van der Waals surface area contributed by atoms with Gasteiger partial charge in [-0.15, -0.1) is 22.7 Å². The molecule has 1 aromatic carbocycles. The Bertz CT molecular complexity index is 861. The van der Waals surface area contributed by atoms with Crippen molar-refractivity contribution in [2.24, 2.45) is 0 Å². The maximum Gasteiger partial charge on any atom is 0.123 e. The van der Waals surface area contributed by atoms with Gasteiger partial charge in [0.15, 0.2) is 0 Å². The minimum atomic E-state index is 0.475. The molecule has 4 rings (SSSR count). The summed E-state index contributed by atoms with van der Waals surface area (Å²) in [5.41, 5.74) is 4.02. The lowest BCUT2D eigenvalue weighted by atomic mass is 10.1. The van der Waals surface area contributed by atoms with Crippen LogP contribution in [0.2, 0.25) is 0 Å². The highest BCUT2D eigenvalue weighted by Crippen LogP contribution is 2.30. The van der Waals surface area contributed by atoms with Crippen LogP contribution in [0.15, 0.2) is 35.0 Å². The van der Waals surface area contributed by atoms with Crippen molar-refractivity contribution in [3.05, 3.63) is 46.4 Å². The van der Waals surface area contributed by atoms with Crippen LogP contribution in [-0.2, 0) is 36.9 Å². The van der Waals surface area contributed by atoms with Crippen molar-refractivity contribution >= 4 is 22.7 Å². The van der Waals surface area contributed by atoms with E-state index in [1.165, 1.54) is 0 Å². The lowest BCUT2D eigenvalue weighted by Gasteiger charge is -2.07. The third-order valence-corrected chi connectivity index (χ3v) is 6.33. The smallest absolute Gasteiger partial charge is 0.123 e. The average molecular weight is 463 g/mol. The number of fused-ring (bicyclic) bond motifs is 8. The molecule has 1 aliphatic rings. The molecule has 3 aromatic rings. The predicted octanol–water partition coefficient (Wildman–Crippen LogP) is 4.03. The molecule has 0 unspecified atom stereocenters. The van der Waals surface area contributed by atoms with Gasteiger partial charge in [0, 0.05) is 21.9 Å². The Morgan fingerprint density at radius 2 is 1.00 bits per heavy atom. The van der Waals surface area contributed by atoms with Crippen LogP contribution in [0.4, 0.5) is 0 Å². The molecule has 6 bridgehead atoms. The molecule has 9 heteroatoms. The zero-order valence-electron chi connectivity index (χ0n) is 17.3. The first-order valence-electron chi connectivity index (χ1n) is 10.3. The monoisotopic (exact) mass is 462 g/mol. The Balaban J connectivity index is 1.42. The van der Waals surface area contributed by atoms with Gasteiger partial charge in [0.1, 0.15) is 10.0 Å². The van der Waals surface area contributed by atoms with E-state index in [2.05, 4.69) is 18.2 Å². The fraction of sp³-hybridized carbons (Fsp3) is 0.455. The van der Waals surface area contributed by atoms with Crippen LogP contribution in [0.5, 0.6) is 0 Å². The Morgan fingerprint density at radius 3 is 1.45 bits per heavy atom. The van der Waals surface area contributed by atoms with Gasteiger partial charge in [-0.2, -0.15) is 0 Å².